The molecule has 0 heterocycles. The Labute approximate surface area is 145 Å². The fourth-order valence-corrected chi connectivity index (χ4v) is 2.24. The monoisotopic (exact) mass is 346 g/mol. The molecule has 126 valence electrons. The molecule has 0 bridgehead atoms. The summed E-state index contributed by atoms with van der Waals surface area (Å²) >= 11 is 12.1. The minimum atomic E-state index is 0.401. The standard InChI is InChI=1S/C18H28Cl2O2/c1-5-13(3)11-21-17-7-16(10-20)18(8-15(17)9-19)22-12-14(4)6-2/h7-8,13-14H,5-6,9-12H2,1-4H3/t13-,14-/m0/s1. The van der Waals surface area contributed by atoms with E-state index in [1.807, 2.05) is 12.1 Å². The van der Waals surface area contributed by atoms with Gasteiger partial charge in [-0.05, 0) is 24.0 Å². The summed E-state index contributed by atoms with van der Waals surface area (Å²) in [4.78, 5) is 0. The SMILES string of the molecule is CC[C@H](C)COc1cc(CCl)c(OC[C@@H](C)CC)cc1CCl. The van der Waals surface area contributed by atoms with Crippen LogP contribution >= 0.6 is 23.2 Å². The molecule has 1 aromatic carbocycles. The number of alkyl halides is 2. The lowest BCUT2D eigenvalue weighted by Gasteiger charge is -2.18. The first-order chi connectivity index (χ1) is 10.5. The Balaban J connectivity index is 2.91. The lowest BCUT2D eigenvalue weighted by molar-refractivity contribution is 0.247. The summed E-state index contributed by atoms with van der Waals surface area (Å²) in [5.74, 6) is 3.48. The van der Waals surface area contributed by atoms with Crippen LogP contribution in [0.5, 0.6) is 11.5 Å². The predicted molar refractivity (Wildman–Crippen MR) is 95.5 cm³/mol. The molecule has 0 unspecified atom stereocenters. The maximum absolute atomic E-state index is 6.07. The number of halogens is 2. The highest BCUT2D eigenvalue weighted by Gasteiger charge is 2.13. The molecule has 2 atom stereocenters. The smallest absolute Gasteiger partial charge is 0.124 e. The first kappa shape index (κ1) is 19.4. The van der Waals surface area contributed by atoms with Gasteiger partial charge in [-0.2, -0.15) is 0 Å². The van der Waals surface area contributed by atoms with E-state index in [1.165, 1.54) is 0 Å². The normalized spacial score (nSPS) is 13.7. The van der Waals surface area contributed by atoms with Gasteiger partial charge in [-0.25, -0.2) is 0 Å². The van der Waals surface area contributed by atoms with Crippen LogP contribution in [0.4, 0.5) is 0 Å². The van der Waals surface area contributed by atoms with Crippen molar-refractivity contribution < 1.29 is 9.47 Å². The third kappa shape index (κ3) is 5.89. The molecule has 0 aliphatic carbocycles. The Bertz CT molecular complexity index is 407. The van der Waals surface area contributed by atoms with Gasteiger partial charge in [0.1, 0.15) is 11.5 Å². The summed E-state index contributed by atoms with van der Waals surface area (Å²) in [6.07, 6.45) is 2.18. The molecule has 4 heteroatoms. The van der Waals surface area contributed by atoms with Gasteiger partial charge in [0.2, 0.25) is 0 Å². The molecule has 0 saturated carbocycles. The average molecular weight is 347 g/mol. The van der Waals surface area contributed by atoms with Crippen molar-refractivity contribution in [3.63, 3.8) is 0 Å². The first-order valence-corrected chi connectivity index (χ1v) is 9.15. The topological polar surface area (TPSA) is 18.5 Å². The number of hydrogen-bond donors (Lipinski definition) is 0. The fourth-order valence-electron chi connectivity index (χ4n) is 1.82. The van der Waals surface area contributed by atoms with Gasteiger partial charge in [0, 0.05) is 11.1 Å². The Morgan fingerprint density at radius 3 is 1.45 bits per heavy atom. The van der Waals surface area contributed by atoms with Crippen LogP contribution in [0.3, 0.4) is 0 Å². The predicted octanol–water partition coefficient (Wildman–Crippen LogP) is 6.01. The molecular formula is C18H28Cl2O2. The van der Waals surface area contributed by atoms with E-state index in [0.717, 1.165) is 35.5 Å². The van der Waals surface area contributed by atoms with Crippen molar-refractivity contribution >= 4 is 23.2 Å². The first-order valence-electron chi connectivity index (χ1n) is 8.08. The molecule has 2 nitrogen and oxygen atoms in total. The van der Waals surface area contributed by atoms with E-state index in [1.54, 1.807) is 0 Å². The minimum absolute atomic E-state index is 0.401. The van der Waals surface area contributed by atoms with E-state index in [9.17, 15) is 0 Å². The minimum Gasteiger partial charge on any atom is -0.493 e. The number of ether oxygens (including phenoxy) is 2. The van der Waals surface area contributed by atoms with Gasteiger partial charge in [0.25, 0.3) is 0 Å². The van der Waals surface area contributed by atoms with Crippen molar-refractivity contribution in [1.29, 1.82) is 0 Å². The van der Waals surface area contributed by atoms with Crippen LogP contribution < -0.4 is 9.47 Å². The summed E-state index contributed by atoms with van der Waals surface area (Å²) in [5, 5.41) is 0. The number of benzene rings is 1. The molecule has 22 heavy (non-hydrogen) atoms. The molecule has 0 aromatic heterocycles. The van der Waals surface area contributed by atoms with Gasteiger partial charge in [-0.15, -0.1) is 23.2 Å². The second-order valence-electron chi connectivity index (χ2n) is 5.98. The zero-order valence-corrected chi connectivity index (χ0v) is 15.6. The highest BCUT2D eigenvalue weighted by atomic mass is 35.5. The Morgan fingerprint density at radius 1 is 0.818 bits per heavy atom. The molecule has 0 amide bonds. The molecule has 0 saturated heterocycles. The van der Waals surface area contributed by atoms with Gasteiger partial charge in [0.15, 0.2) is 0 Å². The molecule has 1 aromatic rings. The van der Waals surface area contributed by atoms with Crippen molar-refractivity contribution in [2.45, 2.75) is 52.3 Å². The molecule has 0 aliphatic rings. The second-order valence-corrected chi connectivity index (χ2v) is 6.52. The van der Waals surface area contributed by atoms with Crippen molar-refractivity contribution in [3.8, 4) is 11.5 Å². The Morgan fingerprint density at radius 2 is 1.18 bits per heavy atom. The maximum atomic E-state index is 6.07. The van der Waals surface area contributed by atoms with E-state index in [-0.39, 0.29) is 0 Å². The van der Waals surface area contributed by atoms with Gasteiger partial charge >= 0.3 is 0 Å². The number of hydrogen-bond acceptors (Lipinski definition) is 2. The molecule has 0 radical (unpaired) electrons. The maximum Gasteiger partial charge on any atom is 0.124 e. The largest absolute Gasteiger partial charge is 0.493 e. The Kier molecular flexibility index (Phi) is 9.04. The average Bonchev–Trinajstić information content (AvgIpc) is 2.56. The molecular weight excluding hydrogens is 319 g/mol. The van der Waals surface area contributed by atoms with Crippen LogP contribution in [0, 0.1) is 11.8 Å². The third-order valence-electron chi connectivity index (χ3n) is 3.97. The summed E-state index contributed by atoms with van der Waals surface area (Å²) in [6.45, 7) is 10.0. The molecule has 0 N–H and O–H groups in total. The van der Waals surface area contributed by atoms with E-state index in [4.69, 9.17) is 32.7 Å². The van der Waals surface area contributed by atoms with Crippen LogP contribution in [0.25, 0.3) is 0 Å². The van der Waals surface area contributed by atoms with Gasteiger partial charge in [0.05, 0.1) is 25.0 Å². The zero-order valence-electron chi connectivity index (χ0n) is 14.1. The highest BCUT2D eigenvalue weighted by molar-refractivity contribution is 6.18. The van der Waals surface area contributed by atoms with E-state index in [2.05, 4.69) is 27.7 Å². The van der Waals surface area contributed by atoms with Crippen LogP contribution in [0.2, 0.25) is 0 Å². The fraction of sp³-hybridized carbons (Fsp3) is 0.667. The second kappa shape index (κ2) is 10.2. The van der Waals surface area contributed by atoms with Crippen LogP contribution in [-0.2, 0) is 11.8 Å². The van der Waals surface area contributed by atoms with Crippen molar-refractivity contribution in [1.82, 2.24) is 0 Å². The lowest BCUT2D eigenvalue weighted by atomic mass is 10.1. The lowest BCUT2D eigenvalue weighted by Crippen LogP contribution is -2.11. The third-order valence-corrected chi connectivity index (χ3v) is 4.55. The molecule has 0 fully saturated rings. The highest BCUT2D eigenvalue weighted by Crippen LogP contribution is 2.32. The van der Waals surface area contributed by atoms with E-state index < -0.39 is 0 Å². The summed E-state index contributed by atoms with van der Waals surface area (Å²) < 4.78 is 11.9. The van der Waals surface area contributed by atoms with Crippen LogP contribution in [0.15, 0.2) is 12.1 Å². The van der Waals surface area contributed by atoms with Gasteiger partial charge in [-0.1, -0.05) is 40.5 Å². The van der Waals surface area contributed by atoms with Crippen molar-refractivity contribution in [3.05, 3.63) is 23.3 Å². The van der Waals surface area contributed by atoms with Gasteiger partial charge < -0.3 is 9.47 Å². The quantitative estimate of drug-likeness (QED) is 0.482. The van der Waals surface area contributed by atoms with Crippen LogP contribution in [0.1, 0.15) is 51.7 Å². The zero-order chi connectivity index (χ0) is 16.5. The van der Waals surface area contributed by atoms with Crippen molar-refractivity contribution in [2.75, 3.05) is 13.2 Å². The summed E-state index contributed by atoms with van der Waals surface area (Å²) in [7, 11) is 0. The summed E-state index contributed by atoms with van der Waals surface area (Å²) in [6, 6.07) is 3.94. The molecule has 1 rings (SSSR count). The van der Waals surface area contributed by atoms with Crippen molar-refractivity contribution in [2.24, 2.45) is 11.8 Å². The van der Waals surface area contributed by atoms with E-state index >= 15 is 0 Å². The molecule has 0 spiro atoms. The molecule has 0 aliphatic heterocycles. The van der Waals surface area contributed by atoms with E-state index in [0.29, 0.717) is 36.8 Å². The van der Waals surface area contributed by atoms with Gasteiger partial charge in [-0.3, -0.25) is 0 Å². The van der Waals surface area contributed by atoms with Crippen LogP contribution in [-0.4, -0.2) is 13.2 Å². The number of rotatable bonds is 10. The Hall–Kier alpha value is -0.600. The summed E-state index contributed by atoms with van der Waals surface area (Å²) in [5.41, 5.74) is 1.91.